The van der Waals surface area contributed by atoms with Crippen molar-refractivity contribution in [2.45, 2.75) is 126 Å². The van der Waals surface area contributed by atoms with E-state index in [4.69, 9.17) is 23.2 Å². The van der Waals surface area contributed by atoms with Gasteiger partial charge in [0.1, 0.15) is 17.3 Å². The Morgan fingerprint density at radius 1 is 0.868 bits per heavy atom. The van der Waals surface area contributed by atoms with Crippen molar-refractivity contribution in [1.29, 1.82) is 0 Å². The number of likely N-dealkylation sites (N-methyl/N-ethyl adjacent to an activating group) is 1. The predicted octanol–water partition coefficient (Wildman–Crippen LogP) is 7.83. The van der Waals surface area contributed by atoms with Crippen molar-refractivity contribution >= 4 is 63.6 Å². The van der Waals surface area contributed by atoms with Crippen molar-refractivity contribution in [3.05, 3.63) is 97.6 Å². The second-order valence-electron chi connectivity index (χ2n) is 21.3. The van der Waals surface area contributed by atoms with E-state index in [9.17, 15) is 14.4 Å². The standard InChI is InChI=1S/C53H60Cl2FN7O5/c1-51(2)22-24-52(25-23-51)53(37-16-13-34(54)29-39(37)58-49(53)67)44(36-6-5-7-38(55)45(36)56)46(61(52)4)48(66)57-35-14-10-33(11-15-35)30-62-26-20-31(21-27-62)8-9-32-12-17-40-42(28-32)60(3)50(68)63(40)41-18-19-43(64)59-47(41)65/h5-7,12-13,16-17,28-29,31,33,35,41,44,46H,10-11,14-15,18-27,30H2,1-4H3,(H,57,66)(H,58,67)(H,59,64,65)/t33?,35?,41?,44-,46+,53?/m0/s1. The highest BCUT2D eigenvalue weighted by Crippen LogP contribution is 2.67. The monoisotopic (exact) mass is 963 g/mol. The number of aryl methyl sites for hydroxylation is 1. The van der Waals surface area contributed by atoms with Gasteiger partial charge in [-0.15, -0.1) is 0 Å². The number of rotatable bonds is 6. The van der Waals surface area contributed by atoms with E-state index in [1.54, 1.807) is 31.3 Å². The number of hydrogen-bond acceptors (Lipinski definition) is 7. The van der Waals surface area contributed by atoms with Gasteiger partial charge < -0.3 is 15.5 Å². The van der Waals surface area contributed by atoms with Crippen LogP contribution in [0.5, 0.6) is 0 Å². The SMILES string of the molecule is CN1[C@@H](C(=O)NC2CCC(CN3CCC(C#Cc4ccc5c(c4)n(C)c(=O)n5C4CCC(=O)NC4=O)CC3)CC2)[C@H](c2cccc(Cl)c2F)C2(C(=O)Nc3cc(Cl)ccc32)C12CCC(C)(C)CC2. The van der Waals surface area contributed by atoms with Crippen LogP contribution in [0.3, 0.4) is 0 Å². The van der Waals surface area contributed by atoms with E-state index >= 15 is 14.0 Å². The third-order valence-electron chi connectivity index (χ3n) is 17.0. The first-order valence-corrected chi connectivity index (χ1v) is 25.1. The number of fused-ring (bicyclic) bond motifs is 4. The van der Waals surface area contributed by atoms with Crippen LogP contribution in [0.4, 0.5) is 10.1 Å². The van der Waals surface area contributed by atoms with Crippen LogP contribution in [-0.4, -0.2) is 86.9 Å². The van der Waals surface area contributed by atoms with Crippen molar-refractivity contribution in [3.8, 4) is 11.8 Å². The molecule has 4 aromatic rings. The number of anilines is 1. The smallest absolute Gasteiger partial charge is 0.329 e. The number of carbonyl (C=O) groups is 4. The molecule has 0 radical (unpaired) electrons. The number of halogens is 3. The molecule has 10 rings (SSSR count). The fourth-order valence-electron chi connectivity index (χ4n) is 13.2. The summed E-state index contributed by atoms with van der Waals surface area (Å²) in [6.45, 7) is 7.41. The molecule has 2 spiro atoms. The molecule has 0 bridgehead atoms. The van der Waals surface area contributed by atoms with E-state index in [1.165, 1.54) is 15.2 Å². The normalized spacial score (nSPS) is 28.3. The van der Waals surface area contributed by atoms with Gasteiger partial charge >= 0.3 is 5.69 Å². The predicted molar refractivity (Wildman–Crippen MR) is 261 cm³/mol. The van der Waals surface area contributed by atoms with Crippen molar-refractivity contribution in [3.63, 3.8) is 0 Å². The second-order valence-corrected chi connectivity index (χ2v) is 22.1. The molecule has 3 N–H and O–H groups in total. The molecule has 6 aliphatic rings. The lowest BCUT2D eigenvalue weighted by Gasteiger charge is -2.53. The maximum Gasteiger partial charge on any atom is 0.329 e. The summed E-state index contributed by atoms with van der Waals surface area (Å²) < 4.78 is 19.6. The molecule has 12 nitrogen and oxygen atoms in total. The number of likely N-dealkylation sites (tertiary alicyclic amines) is 2. The largest absolute Gasteiger partial charge is 0.352 e. The van der Waals surface area contributed by atoms with Gasteiger partial charge in [-0.25, -0.2) is 9.18 Å². The van der Waals surface area contributed by atoms with Gasteiger partial charge in [-0.05, 0) is 150 Å². The van der Waals surface area contributed by atoms with E-state index in [2.05, 4.69) is 51.4 Å². The molecule has 5 heterocycles. The quantitative estimate of drug-likeness (QED) is 0.132. The maximum absolute atomic E-state index is 16.6. The van der Waals surface area contributed by atoms with Crippen molar-refractivity contribution in [1.82, 2.24) is 29.6 Å². The second kappa shape index (κ2) is 17.8. The summed E-state index contributed by atoms with van der Waals surface area (Å²) in [5, 5.41) is 9.41. The molecule has 1 aromatic heterocycles. The summed E-state index contributed by atoms with van der Waals surface area (Å²) >= 11 is 13.0. The van der Waals surface area contributed by atoms with Gasteiger partial charge in [-0.2, -0.15) is 0 Å². The first-order valence-electron chi connectivity index (χ1n) is 24.4. The average Bonchev–Trinajstić information content (AvgIpc) is 3.83. The summed E-state index contributed by atoms with van der Waals surface area (Å²) in [7, 11) is 3.66. The number of piperidine rings is 2. The zero-order chi connectivity index (χ0) is 47.9. The van der Waals surface area contributed by atoms with E-state index in [0.29, 0.717) is 40.5 Å². The maximum atomic E-state index is 16.6. The van der Waals surface area contributed by atoms with Crippen molar-refractivity contribution in [2.75, 3.05) is 32.0 Å². The van der Waals surface area contributed by atoms with Gasteiger partial charge in [-0.3, -0.25) is 38.5 Å². The molecule has 68 heavy (non-hydrogen) atoms. The Hall–Kier alpha value is -5.00. The highest BCUT2D eigenvalue weighted by Gasteiger charge is 2.75. The molecular formula is C53H60Cl2FN7O5. The first-order chi connectivity index (χ1) is 32.5. The van der Waals surface area contributed by atoms with E-state index in [0.717, 1.165) is 82.1 Å². The fraction of sp³-hybridized carbons (Fsp3) is 0.528. The zero-order valence-corrected chi connectivity index (χ0v) is 40.7. The first kappa shape index (κ1) is 46.7. The fourth-order valence-corrected chi connectivity index (χ4v) is 13.6. The Bertz CT molecular complexity index is 2840. The summed E-state index contributed by atoms with van der Waals surface area (Å²) in [6.07, 6.45) is 9.05. The Labute approximate surface area is 406 Å². The molecule has 4 amide bonds. The van der Waals surface area contributed by atoms with Crippen LogP contribution in [0.15, 0.2) is 59.4 Å². The molecule has 4 atom stereocenters. The summed E-state index contributed by atoms with van der Waals surface area (Å²) in [4.78, 5) is 72.3. The topological polar surface area (TPSA) is 138 Å². The van der Waals surface area contributed by atoms with Crippen molar-refractivity contribution < 1.29 is 23.6 Å². The number of imidazole rings is 1. The van der Waals surface area contributed by atoms with Crippen LogP contribution in [0.1, 0.15) is 120 Å². The molecule has 15 heteroatoms. The average molecular weight is 965 g/mol. The molecule has 5 fully saturated rings. The van der Waals surface area contributed by atoms with Crippen molar-refractivity contribution in [2.24, 2.45) is 24.3 Å². The Balaban J connectivity index is 0.799. The van der Waals surface area contributed by atoms with Gasteiger partial charge in [0.2, 0.25) is 23.6 Å². The van der Waals surface area contributed by atoms with Crippen LogP contribution in [-0.2, 0) is 31.6 Å². The number of hydrogen-bond donors (Lipinski definition) is 3. The number of imide groups is 1. The molecular weight excluding hydrogens is 905 g/mol. The zero-order valence-electron chi connectivity index (χ0n) is 39.2. The minimum atomic E-state index is -1.29. The van der Waals surface area contributed by atoms with E-state index < -0.39 is 40.7 Å². The Morgan fingerprint density at radius 2 is 1.60 bits per heavy atom. The highest BCUT2D eigenvalue weighted by molar-refractivity contribution is 6.31. The van der Waals surface area contributed by atoms with E-state index in [1.807, 2.05) is 31.3 Å². The number of nitrogens with one attached hydrogen (secondary N) is 3. The highest BCUT2D eigenvalue weighted by atomic mass is 35.5. The van der Waals surface area contributed by atoms with Crippen LogP contribution < -0.4 is 21.6 Å². The molecule has 3 saturated heterocycles. The van der Waals surface area contributed by atoms with Crippen LogP contribution in [0.2, 0.25) is 10.0 Å². The lowest BCUT2D eigenvalue weighted by molar-refractivity contribution is -0.136. The molecule has 2 aliphatic carbocycles. The lowest BCUT2D eigenvalue weighted by atomic mass is 9.53. The number of amides is 4. The van der Waals surface area contributed by atoms with E-state index in [-0.39, 0.29) is 64.2 Å². The summed E-state index contributed by atoms with van der Waals surface area (Å²) in [5.74, 6) is 4.94. The molecule has 2 unspecified atom stereocenters. The van der Waals surface area contributed by atoms with Gasteiger partial charge in [-0.1, -0.05) is 67.1 Å². The van der Waals surface area contributed by atoms with Gasteiger partial charge in [0.25, 0.3) is 0 Å². The number of benzene rings is 3. The third-order valence-corrected chi connectivity index (χ3v) is 17.5. The van der Waals surface area contributed by atoms with Gasteiger partial charge in [0.15, 0.2) is 0 Å². The lowest BCUT2D eigenvalue weighted by Crippen LogP contribution is -2.62. The third kappa shape index (κ3) is 7.78. The minimum Gasteiger partial charge on any atom is -0.352 e. The van der Waals surface area contributed by atoms with Gasteiger partial charge in [0, 0.05) is 59.7 Å². The minimum absolute atomic E-state index is 0.0407. The molecule has 4 aliphatic heterocycles. The Morgan fingerprint density at radius 3 is 2.32 bits per heavy atom. The Kier molecular flexibility index (Phi) is 12.2. The number of aromatic nitrogens is 2. The summed E-state index contributed by atoms with van der Waals surface area (Å²) in [6, 6.07) is 14.4. The number of carbonyl (C=O) groups excluding carboxylic acids is 4. The van der Waals surface area contributed by atoms with Gasteiger partial charge in [0.05, 0.1) is 22.1 Å². The van der Waals surface area contributed by atoms with Crippen LogP contribution in [0.25, 0.3) is 11.0 Å². The molecule has 358 valence electrons. The number of nitrogens with zero attached hydrogens (tertiary/aromatic N) is 4. The van der Waals surface area contributed by atoms with Crippen LogP contribution in [0, 0.1) is 34.9 Å². The molecule has 3 aromatic carbocycles. The van der Waals surface area contributed by atoms with Crippen LogP contribution >= 0.6 is 23.2 Å². The molecule has 2 saturated carbocycles. The summed E-state index contributed by atoms with van der Waals surface area (Å²) in [5.41, 5.74) is 1.46.